The van der Waals surface area contributed by atoms with Crippen LogP contribution in [-0.4, -0.2) is 90.1 Å². The van der Waals surface area contributed by atoms with E-state index in [4.69, 9.17) is 23.7 Å². The van der Waals surface area contributed by atoms with Gasteiger partial charge in [-0.15, -0.1) is 0 Å². The Morgan fingerprint density at radius 3 is 2.34 bits per heavy atom. The first kappa shape index (κ1) is 27.4. The van der Waals surface area contributed by atoms with Gasteiger partial charge < -0.3 is 38.8 Å². The summed E-state index contributed by atoms with van der Waals surface area (Å²) in [5, 5.41) is 3.00. The largest absolute Gasteiger partial charge is 0.497 e. The van der Waals surface area contributed by atoms with Crippen LogP contribution in [0.2, 0.25) is 0 Å². The smallest absolute Gasteiger partial charge is 0.407 e. The summed E-state index contributed by atoms with van der Waals surface area (Å²) in [6.45, 7) is 3.12. The molecule has 10 nitrogen and oxygen atoms in total. The number of methoxy groups -OCH3 is 4. The number of alkyl carbamates (subject to hydrolysis) is 1. The van der Waals surface area contributed by atoms with Crippen LogP contribution in [0.3, 0.4) is 0 Å². The molecule has 2 amide bonds. The van der Waals surface area contributed by atoms with E-state index in [9.17, 15) is 9.59 Å². The Bertz CT molecular complexity index is 1160. The van der Waals surface area contributed by atoms with Crippen LogP contribution in [0.4, 0.5) is 4.79 Å². The van der Waals surface area contributed by atoms with E-state index in [0.717, 1.165) is 35.3 Å². The fourth-order valence-corrected chi connectivity index (χ4v) is 5.12. The molecule has 10 heteroatoms. The zero-order chi connectivity index (χ0) is 27.2. The molecule has 1 N–H and O–H groups in total. The van der Waals surface area contributed by atoms with E-state index >= 15 is 0 Å². The fraction of sp³-hybridized carbons (Fsp3) is 0.500. The van der Waals surface area contributed by atoms with Crippen LogP contribution in [-0.2, 0) is 16.0 Å². The molecule has 0 spiro atoms. The number of benzene rings is 2. The van der Waals surface area contributed by atoms with Gasteiger partial charge in [-0.05, 0) is 54.8 Å². The predicted molar refractivity (Wildman–Crippen MR) is 142 cm³/mol. The SMILES string of the molecule is COc1ccc2c(c1)[C@@H](NC(=O)OCCC(=O)N1CCN(C)CC1)CCc1cc(OC)c(OC)c(OC)c1-2. The standard InChI is InChI=1S/C28H37N3O7/c1-30-11-13-31(14-12-30)24(32)10-15-38-28(33)29-22-9-6-18-16-23(35-3)26(36-4)27(37-5)25(18)20-8-7-19(34-2)17-21(20)22/h7-8,16-17,22H,6,9-15H2,1-5H3,(H,29,33)/t22-/m0/s1. The van der Waals surface area contributed by atoms with Crippen molar-refractivity contribution >= 4 is 12.0 Å². The number of ether oxygens (including phenoxy) is 5. The maximum atomic E-state index is 12.8. The molecule has 0 radical (unpaired) electrons. The molecule has 4 rings (SSSR count). The van der Waals surface area contributed by atoms with Crippen molar-refractivity contribution in [1.82, 2.24) is 15.1 Å². The van der Waals surface area contributed by atoms with Gasteiger partial charge in [0.05, 0.1) is 40.9 Å². The van der Waals surface area contributed by atoms with Gasteiger partial charge in [0.25, 0.3) is 0 Å². The van der Waals surface area contributed by atoms with Gasteiger partial charge in [-0.3, -0.25) is 4.79 Å². The molecule has 0 aromatic heterocycles. The lowest BCUT2D eigenvalue weighted by molar-refractivity contribution is -0.133. The van der Waals surface area contributed by atoms with Gasteiger partial charge in [0.2, 0.25) is 11.7 Å². The second kappa shape index (κ2) is 12.3. The van der Waals surface area contributed by atoms with Crippen molar-refractivity contribution in [3.8, 4) is 34.1 Å². The summed E-state index contributed by atoms with van der Waals surface area (Å²) in [6.07, 6.45) is 0.855. The summed E-state index contributed by atoms with van der Waals surface area (Å²) in [5.41, 5.74) is 3.67. The molecule has 1 aliphatic heterocycles. The number of likely N-dealkylation sites (N-methyl/N-ethyl adjacent to an activating group) is 1. The molecule has 0 unspecified atom stereocenters. The van der Waals surface area contributed by atoms with E-state index in [2.05, 4.69) is 10.2 Å². The number of nitrogens with zero attached hydrogens (tertiary/aromatic N) is 2. The molecule has 1 atom stereocenters. The van der Waals surface area contributed by atoms with Crippen LogP contribution in [0.25, 0.3) is 11.1 Å². The Morgan fingerprint density at radius 1 is 0.947 bits per heavy atom. The van der Waals surface area contributed by atoms with E-state index < -0.39 is 6.09 Å². The molecular formula is C28H37N3O7. The van der Waals surface area contributed by atoms with E-state index in [1.54, 1.807) is 28.4 Å². The first-order chi connectivity index (χ1) is 18.4. The Kier molecular flexibility index (Phi) is 8.83. The Labute approximate surface area is 223 Å². The number of carbonyl (C=O) groups excluding carboxylic acids is 2. The number of carbonyl (C=O) groups is 2. The van der Waals surface area contributed by atoms with Crippen LogP contribution in [0.5, 0.6) is 23.0 Å². The minimum absolute atomic E-state index is 0.000822. The molecule has 1 saturated heterocycles. The maximum absolute atomic E-state index is 12.8. The first-order valence-corrected chi connectivity index (χ1v) is 12.8. The lowest BCUT2D eigenvalue weighted by atomic mass is 9.93. The summed E-state index contributed by atoms with van der Waals surface area (Å²) >= 11 is 0. The minimum Gasteiger partial charge on any atom is -0.497 e. The molecular weight excluding hydrogens is 490 g/mol. The van der Waals surface area contributed by atoms with Crippen molar-refractivity contribution < 1.29 is 33.3 Å². The zero-order valence-corrected chi connectivity index (χ0v) is 22.8. The number of fused-ring (bicyclic) bond motifs is 3. The molecule has 2 aliphatic rings. The summed E-state index contributed by atoms with van der Waals surface area (Å²) in [5.74, 6) is 2.32. The quantitative estimate of drug-likeness (QED) is 0.559. The van der Waals surface area contributed by atoms with E-state index in [1.165, 1.54) is 0 Å². The lowest BCUT2D eigenvalue weighted by Crippen LogP contribution is -2.47. The van der Waals surface area contributed by atoms with Gasteiger partial charge in [-0.1, -0.05) is 6.07 Å². The summed E-state index contributed by atoms with van der Waals surface area (Å²) < 4.78 is 27.9. The van der Waals surface area contributed by atoms with Crippen molar-refractivity contribution in [2.24, 2.45) is 0 Å². The highest BCUT2D eigenvalue weighted by Crippen LogP contribution is 2.50. The number of piperazine rings is 1. The first-order valence-electron chi connectivity index (χ1n) is 12.8. The number of hydrogen-bond acceptors (Lipinski definition) is 8. The number of nitrogens with one attached hydrogen (secondary N) is 1. The second-order valence-electron chi connectivity index (χ2n) is 9.44. The van der Waals surface area contributed by atoms with Crippen LogP contribution in [0.1, 0.15) is 30.0 Å². The molecule has 1 aliphatic carbocycles. The van der Waals surface area contributed by atoms with Gasteiger partial charge in [-0.25, -0.2) is 4.79 Å². The van der Waals surface area contributed by atoms with Crippen LogP contribution >= 0.6 is 0 Å². The maximum Gasteiger partial charge on any atom is 0.407 e. The summed E-state index contributed by atoms with van der Waals surface area (Å²) in [6, 6.07) is 7.36. The van der Waals surface area contributed by atoms with Gasteiger partial charge in [0.1, 0.15) is 12.4 Å². The van der Waals surface area contributed by atoms with Crippen molar-refractivity contribution in [3.63, 3.8) is 0 Å². The van der Waals surface area contributed by atoms with Crippen LogP contribution < -0.4 is 24.3 Å². The molecule has 1 fully saturated rings. The molecule has 1 heterocycles. The Morgan fingerprint density at radius 2 is 1.68 bits per heavy atom. The van der Waals surface area contributed by atoms with Crippen LogP contribution in [0, 0.1) is 0 Å². The third-order valence-electron chi connectivity index (χ3n) is 7.21. The Hall–Kier alpha value is -3.66. The van der Waals surface area contributed by atoms with E-state index in [0.29, 0.717) is 48.9 Å². The van der Waals surface area contributed by atoms with E-state index in [-0.39, 0.29) is 25.0 Å². The topological polar surface area (TPSA) is 98.8 Å². The fourth-order valence-electron chi connectivity index (χ4n) is 5.12. The van der Waals surface area contributed by atoms with E-state index in [1.807, 2.05) is 36.2 Å². The molecule has 2 aromatic rings. The average molecular weight is 528 g/mol. The average Bonchev–Trinajstić information content (AvgIpc) is 3.08. The number of aryl methyl sites for hydroxylation is 1. The molecule has 2 aromatic carbocycles. The predicted octanol–water partition coefficient (Wildman–Crippen LogP) is 3.27. The van der Waals surface area contributed by atoms with Crippen molar-refractivity contribution in [1.29, 1.82) is 0 Å². The summed E-state index contributed by atoms with van der Waals surface area (Å²) in [4.78, 5) is 29.3. The Balaban J connectivity index is 1.53. The van der Waals surface area contributed by atoms with Gasteiger partial charge >= 0.3 is 6.09 Å². The van der Waals surface area contributed by atoms with Gasteiger partial charge in [-0.2, -0.15) is 0 Å². The molecule has 38 heavy (non-hydrogen) atoms. The van der Waals surface area contributed by atoms with Gasteiger partial charge in [0, 0.05) is 31.7 Å². The second-order valence-corrected chi connectivity index (χ2v) is 9.44. The summed E-state index contributed by atoms with van der Waals surface area (Å²) in [7, 11) is 8.41. The molecule has 0 saturated carbocycles. The highest BCUT2D eigenvalue weighted by atomic mass is 16.5. The van der Waals surface area contributed by atoms with Crippen molar-refractivity contribution in [2.45, 2.75) is 25.3 Å². The highest BCUT2D eigenvalue weighted by molar-refractivity contribution is 5.83. The van der Waals surface area contributed by atoms with Crippen LogP contribution in [0.15, 0.2) is 24.3 Å². The van der Waals surface area contributed by atoms with Gasteiger partial charge in [0.15, 0.2) is 11.5 Å². The molecule has 206 valence electrons. The zero-order valence-electron chi connectivity index (χ0n) is 22.8. The minimum atomic E-state index is -0.567. The normalized spacial score (nSPS) is 17.0. The lowest BCUT2D eigenvalue weighted by Gasteiger charge is -2.32. The van der Waals surface area contributed by atoms with Crippen molar-refractivity contribution in [3.05, 3.63) is 35.4 Å². The monoisotopic (exact) mass is 527 g/mol. The number of hydrogen-bond donors (Lipinski definition) is 1. The third-order valence-corrected chi connectivity index (χ3v) is 7.21. The van der Waals surface area contributed by atoms with Crippen molar-refractivity contribution in [2.75, 3.05) is 68.3 Å². The number of rotatable bonds is 8. The third kappa shape index (κ3) is 5.75. The number of amides is 2. The molecule has 0 bridgehead atoms. The highest BCUT2D eigenvalue weighted by Gasteiger charge is 2.30.